The van der Waals surface area contributed by atoms with E-state index in [1.165, 1.54) is 35.3 Å². The molecule has 41 heavy (non-hydrogen) atoms. The topological polar surface area (TPSA) is 102 Å². The van der Waals surface area contributed by atoms with Gasteiger partial charge in [-0.25, -0.2) is 14.5 Å². The highest BCUT2D eigenvalue weighted by molar-refractivity contribution is 7.80. The number of nitrogens with one attached hydrogen (secondary N) is 3. The Morgan fingerprint density at radius 3 is 2.37 bits per heavy atom. The molecular formula is C28H27F3N6O3S. The number of hydrogen-bond acceptors (Lipinski definition) is 6. The molecule has 13 heteroatoms. The quantitative estimate of drug-likeness (QED) is 0.226. The highest BCUT2D eigenvalue weighted by Gasteiger charge is 2.31. The fourth-order valence-corrected chi connectivity index (χ4v) is 4.14. The van der Waals surface area contributed by atoms with Gasteiger partial charge in [0.15, 0.2) is 10.9 Å². The Bertz CT molecular complexity index is 1510. The van der Waals surface area contributed by atoms with Crippen molar-refractivity contribution in [2.45, 2.75) is 32.7 Å². The molecule has 0 spiro atoms. The van der Waals surface area contributed by atoms with Gasteiger partial charge in [-0.15, -0.1) is 18.3 Å². The van der Waals surface area contributed by atoms with Crippen LogP contribution in [0.5, 0.6) is 11.5 Å². The number of aromatic nitrogens is 3. The standard InChI is InChI=1S/C28H27F3N6O3S/c1-17-14-23(39-3)12-13-24(17)34-27(41)35-26(38)33-18(2)15-19-4-6-20(7-5-19)25-32-16-37(36-25)21-8-10-22(11-9-21)40-28(29,30)31/h4-14,16,18H,15H2,1-3H3,(H3,33,34,35,38,41). The first-order chi connectivity index (χ1) is 19.5. The first-order valence-electron chi connectivity index (χ1n) is 12.4. The number of benzene rings is 3. The molecular weight excluding hydrogens is 557 g/mol. The Balaban J connectivity index is 1.28. The lowest BCUT2D eigenvalue weighted by Gasteiger charge is -2.16. The van der Waals surface area contributed by atoms with Crippen molar-refractivity contribution in [2.75, 3.05) is 12.4 Å². The molecule has 0 radical (unpaired) electrons. The van der Waals surface area contributed by atoms with Gasteiger partial charge in [0.1, 0.15) is 17.8 Å². The summed E-state index contributed by atoms with van der Waals surface area (Å²) in [5, 5.41) is 13.1. The molecule has 0 bridgehead atoms. The molecule has 0 saturated heterocycles. The Hall–Kier alpha value is -4.65. The molecule has 0 aliphatic carbocycles. The van der Waals surface area contributed by atoms with Crippen LogP contribution in [0.1, 0.15) is 18.1 Å². The number of urea groups is 1. The minimum atomic E-state index is -4.75. The number of nitrogens with zero attached hydrogens (tertiary/aromatic N) is 3. The largest absolute Gasteiger partial charge is 0.573 e. The van der Waals surface area contributed by atoms with Gasteiger partial charge in [-0.05, 0) is 86.1 Å². The second kappa shape index (κ2) is 12.7. The normalized spacial score (nSPS) is 11.9. The number of thiocarbonyl (C=S) groups is 1. The van der Waals surface area contributed by atoms with Crippen molar-refractivity contribution in [3.63, 3.8) is 0 Å². The monoisotopic (exact) mass is 584 g/mol. The zero-order valence-corrected chi connectivity index (χ0v) is 23.1. The van der Waals surface area contributed by atoms with Gasteiger partial charge in [0.25, 0.3) is 0 Å². The van der Waals surface area contributed by atoms with Gasteiger partial charge in [-0.2, -0.15) is 0 Å². The van der Waals surface area contributed by atoms with Gasteiger partial charge in [0.2, 0.25) is 0 Å². The molecule has 0 fully saturated rings. The van der Waals surface area contributed by atoms with Crippen LogP contribution in [0.2, 0.25) is 0 Å². The lowest BCUT2D eigenvalue weighted by Crippen LogP contribution is -2.45. The summed E-state index contributed by atoms with van der Waals surface area (Å²) in [4.78, 5) is 16.7. The summed E-state index contributed by atoms with van der Waals surface area (Å²) in [5.74, 6) is 0.858. The molecule has 4 aromatic rings. The van der Waals surface area contributed by atoms with Gasteiger partial charge >= 0.3 is 12.4 Å². The predicted molar refractivity (Wildman–Crippen MR) is 152 cm³/mol. The van der Waals surface area contributed by atoms with E-state index in [4.69, 9.17) is 17.0 Å². The molecule has 3 aromatic carbocycles. The third kappa shape index (κ3) is 8.42. The Morgan fingerprint density at radius 1 is 1.05 bits per heavy atom. The van der Waals surface area contributed by atoms with Crippen LogP contribution in [0.15, 0.2) is 73.1 Å². The smallest absolute Gasteiger partial charge is 0.497 e. The molecule has 4 rings (SSSR count). The number of aryl methyl sites for hydroxylation is 1. The van der Waals surface area contributed by atoms with Crippen LogP contribution in [0.4, 0.5) is 23.7 Å². The van der Waals surface area contributed by atoms with E-state index in [-0.39, 0.29) is 16.9 Å². The van der Waals surface area contributed by atoms with E-state index < -0.39 is 12.4 Å². The van der Waals surface area contributed by atoms with Crippen molar-refractivity contribution in [2.24, 2.45) is 0 Å². The third-order valence-electron chi connectivity index (χ3n) is 5.87. The van der Waals surface area contributed by atoms with Gasteiger partial charge in [0.05, 0.1) is 12.8 Å². The second-order valence-corrected chi connectivity index (χ2v) is 9.50. The van der Waals surface area contributed by atoms with Crippen molar-refractivity contribution in [3.05, 3.63) is 84.2 Å². The maximum absolute atomic E-state index is 12.4. The molecule has 2 amide bonds. The average molecular weight is 585 g/mol. The number of alkyl halides is 3. The van der Waals surface area contributed by atoms with Crippen molar-refractivity contribution in [3.8, 4) is 28.6 Å². The number of anilines is 1. The van der Waals surface area contributed by atoms with Crippen LogP contribution >= 0.6 is 12.2 Å². The Kier molecular flexibility index (Phi) is 9.07. The van der Waals surface area contributed by atoms with E-state index in [1.807, 2.05) is 50.2 Å². The van der Waals surface area contributed by atoms with Crippen molar-refractivity contribution in [1.29, 1.82) is 0 Å². The highest BCUT2D eigenvalue weighted by Crippen LogP contribution is 2.24. The maximum atomic E-state index is 12.4. The van der Waals surface area contributed by atoms with E-state index in [2.05, 4.69) is 30.8 Å². The minimum absolute atomic E-state index is 0.171. The Morgan fingerprint density at radius 2 is 1.73 bits per heavy atom. The van der Waals surface area contributed by atoms with E-state index in [1.54, 1.807) is 13.2 Å². The van der Waals surface area contributed by atoms with E-state index in [0.29, 0.717) is 17.9 Å². The average Bonchev–Trinajstić information content (AvgIpc) is 3.40. The molecule has 0 saturated carbocycles. The number of hydrogen-bond donors (Lipinski definition) is 3. The Labute approximate surface area is 239 Å². The number of carbonyl (C=O) groups is 1. The highest BCUT2D eigenvalue weighted by atomic mass is 32.1. The van der Waals surface area contributed by atoms with Crippen LogP contribution in [-0.4, -0.2) is 45.4 Å². The summed E-state index contributed by atoms with van der Waals surface area (Å²) in [7, 11) is 1.59. The van der Waals surface area contributed by atoms with E-state index >= 15 is 0 Å². The first kappa shape index (κ1) is 29.3. The molecule has 1 aromatic heterocycles. The van der Waals surface area contributed by atoms with E-state index in [9.17, 15) is 18.0 Å². The zero-order chi connectivity index (χ0) is 29.6. The number of carbonyl (C=O) groups excluding carboxylic acids is 1. The molecule has 9 nitrogen and oxygen atoms in total. The number of rotatable bonds is 8. The van der Waals surface area contributed by atoms with Crippen LogP contribution in [0.25, 0.3) is 17.1 Å². The lowest BCUT2D eigenvalue weighted by molar-refractivity contribution is -0.274. The molecule has 3 N–H and O–H groups in total. The van der Waals surface area contributed by atoms with Gasteiger partial charge in [0, 0.05) is 17.3 Å². The first-order valence-corrected chi connectivity index (χ1v) is 12.8. The summed E-state index contributed by atoms with van der Waals surface area (Å²) < 4.78 is 47.7. The van der Waals surface area contributed by atoms with Crippen LogP contribution in [0, 0.1) is 6.92 Å². The maximum Gasteiger partial charge on any atom is 0.573 e. The number of amides is 2. The molecule has 1 heterocycles. The molecule has 1 atom stereocenters. The van der Waals surface area contributed by atoms with Crippen molar-refractivity contribution >= 4 is 29.0 Å². The molecule has 1 unspecified atom stereocenters. The van der Waals surface area contributed by atoms with Crippen LogP contribution < -0.4 is 25.4 Å². The SMILES string of the molecule is COc1ccc(NC(=S)NC(=O)NC(C)Cc2ccc(-c3ncn(-c4ccc(OC(F)(F)F)cc4)n3)cc2)c(C)c1. The van der Waals surface area contributed by atoms with Crippen LogP contribution in [-0.2, 0) is 6.42 Å². The van der Waals surface area contributed by atoms with Gasteiger partial charge in [-0.1, -0.05) is 24.3 Å². The third-order valence-corrected chi connectivity index (χ3v) is 6.07. The number of ether oxygens (including phenoxy) is 2. The van der Waals surface area contributed by atoms with Crippen LogP contribution in [0.3, 0.4) is 0 Å². The summed E-state index contributed by atoms with van der Waals surface area (Å²) >= 11 is 5.26. The van der Waals surface area contributed by atoms with Crippen molar-refractivity contribution in [1.82, 2.24) is 25.4 Å². The summed E-state index contributed by atoms with van der Waals surface area (Å²) in [5.41, 5.74) is 3.95. The fourth-order valence-electron chi connectivity index (χ4n) is 3.93. The number of halogens is 3. The van der Waals surface area contributed by atoms with Gasteiger partial charge < -0.3 is 20.1 Å². The van der Waals surface area contributed by atoms with Gasteiger partial charge in [-0.3, -0.25) is 5.32 Å². The van der Waals surface area contributed by atoms with Crippen molar-refractivity contribution < 1.29 is 27.4 Å². The lowest BCUT2D eigenvalue weighted by atomic mass is 10.1. The molecule has 0 aliphatic heterocycles. The summed E-state index contributed by atoms with van der Waals surface area (Å²) in [6.07, 6.45) is -2.71. The second-order valence-electron chi connectivity index (χ2n) is 9.09. The fraction of sp³-hybridized carbons (Fsp3) is 0.214. The zero-order valence-electron chi connectivity index (χ0n) is 22.3. The minimum Gasteiger partial charge on any atom is -0.497 e. The predicted octanol–water partition coefficient (Wildman–Crippen LogP) is 5.78. The number of methoxy groups -OCH3 is 1. The molecule has 214 valence electrons. The summed E-state index contributed by atoms with van der Waals surface area (Å²) in [6.45, 7) is 3.78. The summed E-state index contributed by atoms with van der Waals surface area (Å²) in [6, 6.07) is 17.7. The van der Waals surface area contributed by atoms with E-state index in [0.717, 1.165) is 28.1 Å². The molecule has 0 aliphatic rings.